The van der Waals surface area contributed by atoms with E-state index in [1.54, 1.807) is 12.3 Å². The van der Waals surface area contributed by atoms with Crippen LogP contribution in [0.1, 0.15) is 23.3 Å². The Labute approximate surface area is 146 Å². The third kappa shape index (κ3) is 3.88. The highest BCUT2D eigenvalue weighted by Crippen LogP contribution is 2.28. The minimum absolute atomic E-state index is 0.144. The Morgan fingerprint density at radius 3 is 2.76 bits per heavy atom. The van der Waals surface area contributed by atoms with Gasteiger partial charge in [0.1, 0.15) is 5.69 Å². The molecule has 7 nitrogen and oxygen atoms in total. The molecule has 1 amide bonds. The van der Waals surface area contributed by atoms with Crippen molar-refractivity contribution >= 4 is 23.2 Å². The Morgan fingerprint density at radius 2 is 1.96 bits per heavy atom. The number of ether oxygens (including phenoxy) is 1. The van der Waals surface area contributed by atoms with Crippen LogP contribution in [0.5, 0.6) is 0 Å². The van der Waals surface area contributed by atoms with Gasteiger partial charge in [0.05, 0.1) is 24.6 Å². The molecular weight excluding hydrogens is 318 g/mol. The smallest absolute Gasteiger partial charge is 0.270 e. The number of para-hydroxylation sites is 2. The third-order valence-electron chi connectivity index (χ3n) is 4.30. The van der Waals surface area contributed by atoms with Crippen LogP contribution in [-0.2, 0) is 4.74 Å². The SMILES string of the molecule is O=C(NC1CC1)c1ccnc(Nc2ccccc2N2CCOCC2)n1. The van der Waals surface area contributed by atoms with Crippen molar-refractivity contribution in [1.82, 2.24) is 15.3 Å². The molecule has 130 valence electrons. The van der Waals surface area contributed by atoms with Gasteiger partial charge in [-0.3, -0.25) is 4.79 Å². The van der Waals surface area contributed by atoms with E-state index in [2.05, 4.69) is 31.6 Å². The largest absolute Gasteiger partial charge is 0.378 e. The molecule has 2 fully saturated rings. The molecule has 0 atom stereocenters. The number of nitrogens with one attached hydrogen (secondary N) is 2. The van der Waals surface area contributed by atoms with E-state index in [9.17, 15) is 4.79 Å². The van der Waals surface area contributed by atoms with Crippen molar-refractivity contribution in [3.8, 4) is 0 Å². The molecule has 0 spiro atoms. The average Bonchev–Trinajstić information content (AvgIpc) is 3.47. The summed E-state index contributed by atoms with van der Waals surface area (Å²) in [7, 11) is 0. The van der Waals surface area contributed by atoms with E-state index in [-0.39, 0.29) is 5.91 Å². The lowest BCUT2D eigenvalue weighted by atomic mass is 10.2. The third-order valence-corrected chi connectivity index (χ3v) is 4.30. The number of benzene rings is 1. The number of hydrogen-bond donors (Lipinski definition) is 2. The first-order valence-corrected chi connectivity index (χ1v) is 8.62. The van der Waals surface area contributed by atoms with Gasteiger partial charge in [0.15, 0.2) is 0 Å². The highest BCUT2D eigenvalue weighted by molar-refractivity contribution is 5.93. The molecular formula is C18H21N5O2. The summed E-state index contributed by atoms with van der Waals surface area (Å²) in [6, 6.07) is 9.98. The summed E-state index contributed by atoms with van der Waals surface area (Å²) >= 11 is 0. The Hall–Kier alpha value is -2.67. The van der Waals surface area contributed by atoms with Crippen LogP contribution in [0.15, 0.2) is 36.5 Å². The summed E-state index contributed by atoms with van der Waals surface area (Å²) in [5.41, 5.74) is 2.39. The molecule has 25 heavy (non-hydrogen) atoms. The molecule has 2 heterocycles. The summed E-state index contributed by atoms with van der Waals surface area (Å²) in [6.07, 6.45) is 3.71. The highest BCUT2D eigenvalue weighted by atomic mass is 16.5. The molecule has 0 radical (unpaired) electrons. The van der Waals surface area contributed by atoms with E-state index in [4.69, 9.17) is 4.74 Å². The second-order valence-corrected chi connectivity index (χ2v) is 6.25. The van der Waals surface area contributed by atoms with Gasteiger partial charge in [0, 0.05) is 25.3 Å². The first-order chi connectivity index (χ1) is 12.3. The zero-order chi connectivity index (χ0) is 17.1. The Kier molecular flexibility index (Phi) is 4.47. The van der Waals surface area contributed by atoms with Crippen LogP contribution in [0.4, 0.5) is 17.3 Å². The number of aromatic nitrogens is 2. The molecule has 4 rings (SSSR count). The maximum absolute atomic E-state index is 12.2. The number of carbonyl (C=O) groups excluding carboxylic acids is 1. The number of rotatable bonds is 5. The van der Waals surface area contributed by atoms with Gasteiger partial charge in [-0.1, -0.05) is 12.1 Å². The van der Waals surface area contributed by atoms with Crippen molar-refractivity contribution < 1.29 is 9.53 Å². The molecule has 2 aromatic rings. The lowest BCUT2D eigenvalue weighted by Crippen LogP contribution is -2.36. The van der Waals surface area contributed by atoms with Gasteiger partial charge in [0.2, 0.25) is 5.95 Å². The van der Waals surface area contributed by atoms with Crippen LogP contribution >= 0.6 is 0 Å². The molecule has 1 saturated heterocycles. The topological polar surface area (TPSA) is 79.4 Å². The monoisotopic (exact) mass is 339 g/mol. The van der Waals surface area contributed by atoms with E-state index >= 15 is 0 Å². The van der Waals surface area contributed by atoms with E-state index in [0.717, 1.165) is 50.5 Å². The Bertz CT molecular complexity index is 757. The fourth-order valence-corrected chi connectivity index (χ4v) is 2.81. The zero-order valence-electron chi connectivity index (χ0n) is 13.9. The lowest BCUT2D eigenvalue weighted by Gasteiger charge is -2.30. The van der Waals surface area contributed by atoms with Gasteiger partial charge in [-0.15, -0.1) is 0 Å². The molecule has 1 aliphatic heterocycles. The molecule has 1 aliphatic carbocycles. The quantitative estimate of drug-likeness (QED) is 0.867. The Balaban J connectivity index is 1.53. The maximum Gasteiger partial charge on any atom is 0.270 e. The van der Waals surface area contributed by atoms with Crippen LogP contribution in [0.2, 0.25) is 0 Å². The molecule has 1 aromatic carbocycles. The van der Waals surface area contributed by atoms with Crippen LogP contribution in [0.25, 0.3) is 0 Å². The van der Waals surface area contributed by atoms with Gasteiger partial charge in [-0.25, -0.2) is 9.97 Å². The fourth-order valence-electron chi connectivity index (χ4n) is 2.81. The number of amides is 1. The van der Waals surface area contributed by atoms with Gasteiger partial charge >= 0.3 is 0 Å². The first kappa shape index (κ1) is 15.8. The second kappa shape index (κ2) is 7.06. The van der Waals surface area contributed by atoms with Crippen molar-refractivity contribution in [2.75, 3.05) is 36.5 Å². The van der Waals surface area contributed by atoms with E-state index in [1.807, 2.05) is 18.2 Å². The van der Waals surface area contributed by atoms with Gasteiger partial charge in [0.25, 0.3) is 5.91 Å². The lowest BCUT2D eigenvalue weighted by molar-refractivity contribution is 0.0946. The highest BCUT2D eigenvalue weighted by Gasteiger charge is 2.24. The molecule has 0 bridgehead atoms. The van der Waals surface area contributed by atoms with E-state index in [0.29, 0.717) is 17.7 Å². The summed E-state index contributed by atoms with van der Waals surface area (Å²) < 4.78 is 5.43. The average molecular weight is 339 g/mol. The van der Waals surface area contributed by atoms with Crippen molar-refractivity contribution in [2.24, 2.45) is 0 Å². The van der Waals surface area contributed by atoms with Gasteiger partial charge in [-0.2, -0.15) is 0 Å². The number of anilines is 3. The number of hydrogen-bond acceptors (Lipinski definition) is 6. The van der Waals surface area contributed by atoms with Crippen LogP contribution in [-0.4, -0.2) is 48.2 Å². The van der Waals surface area contributed by atoms with Gasteiger partial charge < -0.3 is 20.3 Å². The van der Waals surface area contributed by atoms with Gasteiger partial charge in [-0.05, 0) is 31.0 Å². The van der Waals surface area contributed by atoms with E-state index < -0.39 is 0 Å². The minimum Gasteiger partial charge on any atom is -0.378 e. The van der Waals surface area contributed by atoms with Crippen molar-refractivity contribution in [2.45, 2.75) is 18.9 Å². The minimum atomic E-state index is -0.144. The standard InChI is InChI=1S/C18H21N5O2/c24-17(20-13-5-6-13)15-7-8-19-18(22-15)21-14-3-1-2-4-16(14)23-9-11-25-12-10-23/h1-4,7-8,13H,5-6,9-12H2,(H,20,24)(H,19,21,22). The fraction of sp³-hybridized carbons (Fsp3) is 0.389. The first-order valence-electron chi connectivity index (χ1n) is 8.62. The van der Waals surface area contributed by atoms with E-state index in [1.165, 1.54) is 0 Å². The molecule has 0 unspecified atom stereocenters. The summed E-state index contributed by atoms with van der Waals surface area (Å²) in [5.74, 6) is 0.276. The summed E-state index contributed by atoms with van der Waals surface area (Å²) in [4.78, 5) is 23.0. The van der Waals surface area contributed by atoms with Crippen molar-refractivity contribution in [3.05, 3.63) is 42.2 Å². The van der Waals surface area contributed by atoms with Crippen molar-refractivity contribution in [3.63, 3.8) is 0 Å². The molecule has 2 N–H and O–H groups in total. The molecule has 2 aliphatic rings. The zero-order valence-corrected chi connectivity index (χ0v) is 13.9. The maximum atomic E-state index is 12.2. The number of nitrogens with zero attached hydrogens (tertiary/aromatic N) is 3. The normalized spacial score (nSPS) is 17.2. The summed E-state index contributed by atoms with van der Waals surface area (Å²) in [5, 5.41) is 6.19. The predicted molar refractivity (Wildman–Crippen MR) is 95.3 cm³/mol. The predicted octanol–water partition coefficient (Wildman–Crippen LogP) is 1.95. The second-order valence-electron chi connectivity index (χ2n) is 6.25. The molecule has 1 saturated carbocycles. The number of morpholine rings is 1. The number of carbonyl (C=O) groups is 1. The van der Waals surface area contributed by atoms with Crippen LogP contribution < -0.4 is 15.5 Å². The van der Waals surface area contributed by atoms with Crippen LogP contribution in [0, 0.1) is 0 Å². The van der Waals surface area contributed by atoms with Crippen molar-refractivity contribution in [1.29, 1.82) is 0 Å². The Morgan fingerprint density at radius 1 is 1.16 bits per heavy atom. The molecule has 7 heteroatoms. The summed E-state index contributed by atoms with van der Waals surface area (Å²) in [6.45, 7) is 3.15. The van der Waals surface area contributed by atoms with Crippen LogP contribution in [0.3, 0.4) is 0 Å². The molecule has 1 aromatic heterocycles.